The maximum absolute atomic E-state index is 11.5. The van der Waals surface area contributed by atoms with Crippen molar-refractivity contribution in [2.75, 3.05) is 47.7 Å². The molecule has 11 nitrogen and oxygen atoms in total. The van der Waals surface area contributed by atoms with Crippen LogP contribution in [-0.2, 0) is 38.1 Å². The fourth-order valence-corrected chi connectivity index (χ4v) is 1.71. The predicted molar refractivity (Wildman–Crippen MR) is 82.1 cm³/mol. The highest BCUT2D eigenvalue weighted by Crippen LogP contribution is 1.98. The molecule has 0 aliphatic heterocycles. The van der Waals surface area contributed by atoms with Crippen LogP contribution in [0.1, 0.15) is 6.92 Å². The number of carbonyl (C=O) groups is 4. The van der Waals surface area contributed by atoms with Crippen LogP contribution in [-0.4, -0.2) is 93.7 Å². The van der Waals surface area contributed by atoms with E-state index in [0.717, 1.165) is 14.2 Å². The van der Waals surface area contributed by atoms with Gasteiger partial charge in [0.15, 0.2) is 0 Å². The van der Waals surface area contributed by atoms with Crippen LogP contribution >= 0.6 is 0 Å². The summed E-state index contributed by atoms with van der Waals surface area (Å²) in [5.74, 6) is -2.89. The standard InChI is InChI=1S/C14H24N2O9/c1-9(17)25-8-16(7-11(19)22-2)6-10(18)5-15-12(13(20)23-3)14(21)24-4/h10,12,15,18H,5-8H2,1-4H3. The Labute approximate surface area is 145 Å². The number of nitrogens with one attached hydrogen (secondary N) is 1. The number of carbonyl (C=O) groups excluding carboxylic acids is 4. The monoisotopic (exact) mass is 364 g/mol. The van der Waals surface area contributed by atoms with Crippen molar-refractivity contribution in [2.24, 2.45) is 0 Å². The average Bonchev–Trinajstić information content (AvgIpc) is 2.58. The van der Waals surface area contributed by atoms with Crippen LogP contribution in [0.5, 0.6) is 0 Å². The van der Waals surface area contributed by atoms with E-state index in [1.165, 1.54) is 18.9 Å². The summed E-state index contributed by atoms with van der Waals surface area (Å²) < 4.78 is 18.2. The summed E-state index contributed by atoms with van der Waals surface area (Å²) in [5.41, 5.74) is 0. The maximum atomic E-state index is 11.5. The Hall–Kier alpha value is -2.24. The van der Waals surface area contributed by atoms with Crippen molar-refractivity contribution in [1.29, 1.82) is 0 Å². The first-order valence-corrected chi connectivity index (χ1v) is 7.24. The van der Waals surface area contributed by atoms with Crippen molar-refractivity contribution in [2.45, 2.75) is 19.1 Å². The van der Waals surface area contributed by atoms with Crippen LogP contribution in [0.25, 0.3) is 0 Å². The van der Waals surface area contributed by atoms with Crippen LogP contribution < -0.4 is 5.32 Å². The van der Waals surface area contributed by atoms with Gasteiger partial charge < -0.3 is 24.1 Å². The second-order valence-corrected chi connectivity index (χ2v) is 4.89. The molecule has 0 spiro atoms. The van der Waals surface area contributed by atoms with Crippen LogP contribution in [0.3, 0.4) is 0 Å². The molecule has 0 aromatic heterocycles. The van der Waals surface area contributed by atoms with E-state index in [0.29, 0.717) is 0 Å². The van der Waals surface area contributed by atoms with Gasteiger partial charge in [0.25, 0.3) is 0 Å². The number of ether oxygens (including phenoxy) is 4. The smallest absolute Gasteiger partial charge is 0.334 e. The molecule has 0 heterocycles. The molecule has 0 saturated heterocycles. The molecule has 144 valence electrons. The molecule has 2 N–H and O–H groups in total. The summed E-state index contributed by atoms with van der Waals surface area (Å²) in [6.45, 7) is 0.458. The van der Waals surface area contributed by atoms with Gasteiger partial charge in [-0.15, -0.1) is 0 Å². The maximum Gasteiger partial charge on any atom is 0.334 e. The molecule has 0 saturated carbocycles. The summed E-state index contributed by atoms with van der Waals surface area (Å²) in [7, 11) is 3.41. The second-order valence-electron chi connectivity index (χ2n) is 4.89. The number of hydrogen-bond donors (Lipinski definition) is 2. The minimum atomic E-state index is -1.40. The van der Waals surface area contributed by atoms with Crippen LogP contribution in [0.2, 0.25) is 0 Å². The molecule has 1 unspecified atom stereocenters. The lowest BCUT2D eigenvalue weighted by molar-refractivity contribution is -0.155. The molecule has 0 radical (unpaired) electrons. The molecule has 0 aliphatic rings. The van der Waals surface area contributed by atoms with E-state index in [-0.39, 0.29) is 26.4 Å². The van der Waals surface area contributed by atoms with Gasteiger partial charge in [0.05, 0.1) is 34.0 Å². The summed E-state index contributed by atoms with van der Waals surface area (Å²) in [4.78, 5) is 46.6. The van der Waals surface area contributed by atoms with Crippen molar-refractivity contribution in [1.82, 2.24) is 10.2 Å². The Bertz CT molecular complexity index is 453. The zero-order valence-electron chi connectivity index (χ0n) is 14.6. The molecule has 0 bridgehead atoms. The largest absolute Gasteiger partial charge is 0.468 e. The van der Waals surface area contributed by atoms with Crippen LogP contribution in [0.15, 0.2) is 0 Å². The van der Waals surface area contributed by atoms with Gasteiger partial charge >= 0.3 is 23.9 Å². The summed E-state index contributed by atoms with van der Waals surface area (Å²) in [6, 6.07) is -1.40. The van der Waals surface area contributed by atoms with Gasteiger partial charge in [-0.3, -0.25) is 19.8 Å². The van der Waals surface area contributed by atoms with E-state index in [1.54, 1.807) is 0 Å². The molecule has 0 aromatic rings. The van der Waals surface area contributed by atoms with E-state index in [9.17, 15) is 24.3 Å². The Morgan fingerprint density at radius 3 is 2.04 bits per heavy atom. The molecular formula is C14H24N2O9. The van der Waals surface area contributed by atoms with Crippen molar-refractivity contribution in [3.63, 3.8) is 0 Å². The number of hydrogen-bond acceptors (Lipinski definition) is 11. The first kappa shape index (κ1) is 22.8. The molecule has 0 fully saturated rings. The number of aliphatic hydroxyl groups is 1. The quantitative estimate of drug-likeness (QED) is 0.176. The highest BCUT2D eigenvalue weighted by Gasteiger charge is 2.29. The number of methoxy groups -OCH3 is 3. The van der Waals surface area contributed by atoms with Gasteiger partial charge in [0.2, 0.25) is 6.04 Å². The van der Waals surface area contributed by atoms with E-state index in [1.807, 2.05) is 0 Å². The van der Waals surface area contributed by atoms with E-state index >= 15 is 0 Å². The van der Waals surface area contributed by atoms with Crippen LogP contribution in [0.4, 0.5) is 0 Å². The van der Waals surface area contributed by atoms with Gasteiger partial charge in [-0.2, -0.15) is 0 Å². The Morgan fingerprint density at radius 2 is 1.60 bits per heavy atom. The third-order valence-corrected chi connectivity index (χ3v) is 2.93. The lowest BCUT2D eigenvalue weighted by Gasteiger charge is -2.24. The zero-order chi connectivity index (χ0) is 19.4. The Kier molecular flexibility index (Phi) is 11.1. The Morgan fingerprint density at radius 1 is 1.04 bits per heavy atom. The van der Waals surface area contributed by atoms with Crippen molar-refractivity contribution < 1.29 is 43.2 Å². The third kappa shape index (κ3) is 9.59. The molecule has 0 aromatic carbocycles. The van der Waals surface area contributed by atoms with E-state index in [2.05, 4.69) is 19.5 Å². The average molecular weight is 364 g/mol. The second kappa shape index (κ2) is 12.2. The number of esters is 4. The summed E-state index contributed by atoms with van der Waals surface area (Å²) >= 11 is 0. The number of aliphatic hydroxyl groups excluding tert-OH is 1. The fourth-order valence-electron chi connectivity index (χ4n) is 1.71. The van der Waals surface area contributed by atoms with Crippen LogP contribution in [0, 0.1) is 0 Å². The minimum absolute atomic E-state index is 0.0928. The number of rotatable bonds is 11. The molecule has 0 amide bonds. The van der Waals surface area contributed by atoms with Crippen molar-refractivity contribution in [3.05, 3.63) is 0 Å². The van der Waals surface area contributed by atoms with E-state index < -0.39 is 36.0 Å². The first-order chi connectivity index (χ1) is 11.7. The van der Waals surface area contributed by atoms with Gasteiger partial charge in [-0.1, -0.05) is 0 Å². The molecular weight excluding hydrogens is 340 g/mol. The first-order valence-electron chi connectivity index (χ1n) is 7.24. The zero-order valence-corrected chi connectivity index (χ0v) is 14.6. The molecule has 0 aliphatic carbocycles. The van der Waals surface area contributed by atoms with Crippen molar-refractivity contribution in [3.8, 4) is 0 Å². The third-order valence-electron chi connectivity index (χ3n) is 2.93. The highest BCUT2D eigenvalue weighted by molar-refractivity contribution is 5.99. The summed E-state index contributed by atoms with van der Waals surface area (Å²) in [6.07, 6.45) is -1.10. The molecule has 0 rings (SSSR count). The number of nitrogens with zero attached hydrogens (tertiary/aromatic N) is 1. The van der Waals surface area contributed by atoms with Gasteiger partial charge in [0.1, 0.15) is 6.73 Å². The Balaban J connectivity index is 4.67. The topological polar surface area (TPSA) is 141 Å². The lowest BCUT2D eigenvalue weighted by atomic mass is 10.2. The molecule has 11 heteroatoms. The summed E-state index contributed by atoms with van der Waals surface area (Å²) in [5, 5.41) is 12.5. The molecule has 1 atom stereocenters. The fraction of sp³-hybridized carbons (Fsp3) is 0.714. The lowest BCUT2D eigenvalue weighted by Crippen LogP contribution is -2.49. The minimum Gasteiger partial charge on any atom is -0.468 e. The van der Waals surface area contributed by atoms with E-state index in [4.69, 9.17) is 4.74 Å². The van der Waals surface area contributed by atoms with Gasteiger partial charge in [0, 0.05) is 20.0 Å². The SMILES string of the molecule is COC(=O)CN(COC(C)=O)CC(O)CNC(C(=O)OC)C(=O)OC. The predicted octanol–water partition coefficient (Wildman–Crippen LogP) is -2.35. The van der Waals surface area contributed by atoms with Gasteiger partial charge in [-0.25, -0.2) is 9.59 Å². The normalized spacial score (nSPS) is 11.8. The van der Waals surface area contributed by atoms with Gasteiger partial charge in [-0.05, 0) is 0 Å². The van der Waals surface area contributed by atoms with Crippen molar-refractivity contribution >= 4 is 23.9 Å². The highest BCUT2D eigenvalue weighted by atomic mass is 16.6. The molecule has 25 heavy (non-hydrogen) atoms.